The molecule has 1 rings (SSSR count). The monoisotopic (exact) mass is 297 g/mol. The summed E-state index contributed by atoms with van der Waals surface area (Å²) in [6.45, 7) is 6.90. The van der Waals surface area contributed by atoms with Crippen LogP contribution in [0.3, 0.4) is 0 Å². The van der Waals surface area contributed by atoms with Crippen LogP contribution in [0.4, 0.5) is 4.79 Å². The van der Waals surface area contributed by atoms with Gasteiger partial charge in [-0.05, 0) is 51.7 Å². The van der Waals surface area contributed by atoms with Crippen LogP contribution in [0.15, 0.2) is 17.5 Å². The van der Waals surface area contributed by atoms with Gasteiger partial charge in [0, 0.05) is 24.5 Å². The number of hydrogen-bond donors (Lipinski definition) is 1. The van der Waals surface area contributed by atoms with Crippen molar-refractivity contribution >= 4 is 17.4 Å². The predicted molar refractivity (Wildman–Crippen MR) is 86.2 cm³/mol. The molecule has 0 spiro atoms. The summed E-state index contributed by atoms with van der Waals surface area (Å²) in [5.74, 6) is 0. The van der Waals surface area contributed by atoms with Crippen molar-refractivity contribution in [2.45, 2.75) is 39.3 Å². The van der Waals surface area contributed by atoms with Crippen LogP contribution in [0.2, 0.25) is 0 Å². The zero-order chi connectivity index (χ0) is 15.0. The minimum atomic E-state index is 0.00983. The summed E-state index contributed by atoms with van der Waals surface area (Å²) in [5.41, 5.74) is 0. The molecular formula is C15H27N3OS. The van der Waals surface area contributed by atoms with Crippen molar-refractivity contribution in [3.8, 4) is 0 Å². The molecule has 0 fully saturated rings. The van der Waals surface area contributed by atoms with Crippen LogP contribution in [-0.2, 0) is 6.54 Å². The Bertz CT molecular complexity index is 378. The smallest absolute Gasteiger partial charge is 0.317 e. The van der Waals surface area contributed by atoms with E-state index in [1.54, 1.807) is 16.2 Å². The number of unbranched alkanes of at least 4 members (excludes halogenated alkanes) is 1. The van der Waals surface area contributed by atoms with Crippen LogP contribution in [0.5, 0.6) is 0 Å². The van der Waals surface area contributed by atoms with Gasteiger partial charge in [0.05, 0.1) is 6.54 Å². The highest BCUT2D eigenvalue weighted by Gasteiger charge is 2.08. The molecule has 1 aromatic heterocycles. The Morgan fingerprint density at radius 3 is 2.70 bits per heavy atom. The molecule has 0 saturated heterocycles. The standard InChI is InChI=1S/C15H27N3OS/c1-13(2)17(3)10-6-5-9-16-15(19)18(4)12-14-8-7-11-20-14/h7-8,11,13H,5-6,9-10,12H2,1-4H3,(H,16,19). The lowest BCUT2D eigenvalue weighted by molar-refractivity contribution is 0.206. The Morgan fingerprint density at radius 1 is 1.35 bits per heavy atom. The average molecular weight is 297 g/mol. The number of urea groups is 1. The molecule has 1 heterocycles. The van der Waals surface area contributed by atoms with Crippen molar-refractivity contribution in [2.24, 2.45) is 0 Å². The quantitative estimate of drug-likeness (QED) is 0.749. The van der Waals surface area contributed by atoms with E-state index >= 15 is 0 Å². The first-order chi connectivity index (χ1) is 9.50. The van der Waals surface area contributed by atoms with E-state index in [1.807, 2.05) is 18.5 Å². The van der Waals surface area contributed by atoms with Crippen molar-refractivity contribution in [3.05, 3.63) is 22.4 Å². The summed E-state index contributed by atoms with van der Waals surface area (Å²) < 4.78 is 0. The number of thiophene rings is 1. The van der Waals surface area contributed by atoms with Crippen molar-refractivity contribution in [3.63, 3.8) is 0 Å². The molecule has 2 amide bonds. The first-order valence-electron chi connectivity index (χ1n) is 7.22. The lowest BCUT2D eigenvalue weighted by Gasteiger charge is -2.21. The molecule has 0 atom stereocenters. The summed E-state index contributed by atoms with van der Waals surface area (Å²) in [5, 5.41) is 5.00. The maximum absolute atomic E-state index is 11.9. The van der Waals surface area contributed by atoms with Gasteiger partial charge in [0.25, 0.3) is 0 Å². The van der Waals surface area contributed by atoms with Gasteiger partial charge in [0.15, 0.2) is 0 Å². The topological polar surface area (TPSA) is 35.6 Å². The zero-order valence-electron chi connectivity index (χ0n) is 13.1. The van der Waals surface area contributed by atoms with Gasteiger partial charge in [-0.1, -0.05) is 6.07 Å². The Labute approximate surface area is 126 Å². The molecular weight excluding hydrogens is 270 g/mol. The van der Waals surface area contributed by atoms with Crippen molar-refractivity contribution in [1.29, 1.82) is 0 Å². The fraction of sp³-hybridized carbons (Fsp3) is 0.667. The number of nitrogens with zero attached hydrogens (tertiary/aromatic N) is 2. The third-order valence-corrected chi connectivity index (χ3v) is 4.28. The molecule has 1 aromatic rings. The highest BCUT2D eigenvalue weighted by atomic mass is 32.1. The Balaban J connectivity index is 2.10. The Kier molecular flexibility index (Phi) is 7.62. The maximum Gasteiger partial charge on any atom is 0.317 e. The van der Waals surface area contributed by atoms with Gasteiger partial charge in [-0.3, -0.25) is 0 Å². The minimum Gasteiger partial charge on any atom is -0.338 e. The van der Waals surface area contributed by atoms with Gasteiger partial charge < -0.3 is 15.1 Å². The summed E-state index contributed by atoms with van der Waals surface area (Å²) in [4.78, 5) is 17.1. The van der Waals surface area contributed by atoms with E-state index in [-0.39, 0.29) is 6.03 Å². The highest BCUT2D eigenvalue weighted by Crippen LogP contribution is 2.10. The van der Waals surface area contributed by atoms with Gasteiger partial charge in [-0.2, -0.15) is 0 Å². The molecule has 0 aromatic carbocycles. The van der Waals surface area contributed by atoms with Crippen LogP contribution < -0.4 is 5.32 Å². The maximum atomic E-state index is 11.9. The fourth-order valence-electron chi connectivity index (χ4n) is 1.78. The SMILES string of the molecule is CC(C)N(C)CCCCNC(=O)N(C)Cc1cccs1. The van der Waals surface area contributed by atoms with E-state index < -0.39 is 0 Å². The second kappa shape index (κ2) is 8.97. The van der Waals surface area contributed by atoms with Gasteiger partial charge in [-0.25, -0.2) is 4.79 Å². The molecule has 0 aliphatic rings. The normalized spacial score (nSPS) is 11.1. The second-order valence-electron chi connectivity index (χ2n) is 5.45. The van der Waals surface area contributed by atoms with Crippen LogP contribution in [0.1, 0.15) is 31.6 Å². The van der Waals surface area contributed by atoms with Gasteiger partial charge >= 0.3 is 6.03 Å². The summed E-state index contributed by atoms with van der Waals surface area (Å²) in [7, 11) is 3.97. The largest absolute Gasteiger partial charge is 0.338 e. The zero-order valence-corrected chi connectivity index (χ0v) is 13.9. The molecule has 0 bridgehead atoms. The highest BCUT2D eigenvalue weighted by molar-refractivity contribution is 7.09. The molecule has 0 aliphatic carbocycles. The lowest BCUT2D eigenvalue weighted by Crippen LogP contribution is -2.37. The van der Waals surface area contributed by atoms with Crippen molar-refractivity contribution in [1.82, 2.24) is 15.1 Å². The van der Waals surface area contributed by atoms with Crippen LogP contribution in [-0.4, -0.2) is 49.1 Å². The van der Waals surface area contributed by atoms with Crippen LogP contribution in [0.25, 0.3) is 0 Å². The molecule has 0 unspecified atom stereocenters. The lowest BCUT2D eigenvalue weighted by atomic mass is 10.2. The van der Waals surface area contributed by atoms with E-state index in [9.17, 15) is 4.79 Å². The van der Waals surface area contributed by atoms with Crippen molar-refractivity contribution in [2.75, 3.05) is 27.2 Å². The number of hydrogen-bond acceptors (Lipinski definition) is 3. The third kappa shape index (κ3) is 6.39. The van der Waals surface area contributed by atoms with Crippen LogP contribution in [0, 0.1) is 0 Å². The summed E-state index contributed by atoms with van der Waals surface area (Å²) in [6, 6.07) is 4.66. The molecule has 0 aliphatic heterocycles. The number of amides is 2. The first kappa shape index (κ1) is 17.0. The number of carbonyl (C=O) groups excluding carboxylic acids is 1. The van der Waals surface area contributed by atoms with Crippen LogP contribution >= 0.6 is 11.3 Å². The average Bonchev–Trinajstić information content (AvgIpc) is 2.90. The minimum absolute atomic E-state index is 0.00983. The van der Waals surface area contributed by atoms with Gasteiger partial charge in [0.1, 0.15) is 0 Å². The predicted octanol–water partition coefficient (Wildman–Crippen LogP) is 3.01. The van der Waals surface area contributed by atoms with E-state index in [0.29, 0.717) is 12.6 Å². The Morgan fingerprint density at radius 2 is 2.10 bits per heavy atom. The Hall–Kier alpha value is -1.07. The molecule has 0 saturated carbocycles. The van der Waals surface area contributed by atoms with E-state index in [1.165, 1.54) is 4.88 Å². The van der Waals surface area contributed by atoms with E-state index in [0.717, 1.165) is 25.9 Å². The first-order valence-corrected chi connectivity index (χ1v) is 8.10. The number of rotatable bonds is 8. The van der Waals surface area contributed by atoms with Crippen molar-refractivity contribution < 1.29 is 4.79 Å². The second-order valence-corrected chi connectivity index (χ2v) is 6.48. The van der Waals surface area contributed by atoms with E-state index in [2.05, 4.69) is 37.2 Å². The van der Waals surface area contributed by atoms with E-state index in [4.69, 9.17) is 0 Å². The third-order valence-electron chi connectivity index (χ3n) is 3.42. The van der Waals surface area contributed by atoms with Gasteiger partial charge in [0.2, 0.25) is 0 Å². The molecule has 114 valence electrons. The number of nitrogens with one attached hydrogen (secondary N) is 1. The molecule has 20 heavy (non-hydrogen) atoms. The fourth-order valence-corrected chi connectivity index (χ4v) is 2.54. The molecule has 0 radical (unpaired) electrons. The number of carbonyl (C=O) groups is 1. The molecule has 4 nitrogen and oxygen atoms in total. The molecule has 1 N–H and O–H groups in total. The summed E-state index contributed by atoms with van der Waals surface area (Å²) in [6.07, 6.45) is 2.14. The molecule has 5 heteroatoms. The van der Waals surface area contributed by atoms with Gasteiger partial charge in [-0.15, -0.1) is 11.3 Å². The summed E-state index contributed by atoms with van der Waals surface area (Å²) >= 11 is 1.68.